The van der Waals surface area contributed by atoms with Gasteiger partial charge in [-0.3, -0.25) is 9.59 Å². The molecule has 2 aliphatic rings. The minimum atomic E-state index is -3.45. The minimum absolute atomic E-state index is 0.0136. The van der Waals surface area contributed by atoms with Crippen molar-refractivity contribution in [1.82, 2.24) is 14.1 Å². The van der Waals surface area contributed by atoms with Gasteiger partial charge in [-0.15, -0.1) is 0 Å². The zero-order chi connectivity index (χ0) is 24.1. The number of hydrogen-bond donors (Lipinski definition) is 1. The van der Waals surface area contributed by atoms with Gasteiger partial charge in [0, 0.05) is 45.7 Å². The molecule has 2 aromatic carbocycles. The van der Waals surface area contributed by atoms with Crippen LogP contribution in [0, 0.1) is 0 Å². The number of piperidine rings is 1. The molecule has 0 saturated carbocycles. The predicted octanol–water partition coefficient (Wildman–Crippen LogP) is 2.48. The Bertz CT molecular complexity index is 1120. The third-order valence-electron chi connectivity index (χ3n) is 6.56. The van der Waals surface area contributed by atoms with E-state index in [0.717, 1.165) is 24.8 Å². The molecule has 0 atom stereocenters. The average Bonchev–Trinajstić information content (AvgIpc) is 2.88. The fourth-order valence-electron chi connectivity index (χ4n) is 4.48. The number of piperazine rings is 1. The predicted molar refractivity (Wildman–Crippen MR) is 128 cm³/mol. The van der Waals surface area contributed by atoms with Gasteiger partial charge in [0.1, 0.15) is 5.75 Å². The van der Waals surface area contributed by atoms with Gasteiger partial charge in [0.15, 0.2) is 0 Å². The van der Waals surface area contributed by atoms with E-state index in [9.17, 15) is 23.1 Å². The Morgan fingerprint density at radius 1 is 0.794 bits per heavy atom. The molecule has 9 heteroatoms. The molecule has 2 aliphatic heterocycles. The number of para-hydroxylation sites is 1. The lowest BCUT2D eigenvalue weighted by atomic mass is 10.1. The molecule has 2 fully saturated rings. The molecule has 2 amide bonds. The third-order valence-corrected chi connectivity index (χ3v) is 8.47. The maximum Gasteiger partial charge on any atom is 0.257 e. The van der Waals surface area contributed by atoms with Crippen molar-refractivity contribution in [3.63, 3.8) is 0 Å². The van der Waals surface area contributed by atoms with Crippen LogP contribution < -0.4 is 0 Å². The number of carbonyl (C=O) groups is 2. The molecular weight excluding hydrogens is 454 g/mol. The lowest BCUT2D eigenvalue weighted by molar-refractivity contribution is -0.132. The summed E-state index contributed by atoms with van der Waals surface area (Å²) in [4.78, 5) is 29.0. The molecule has 0 unspecified atom stereocenters. The van der Waals surface area contributed by atoms with Gasteiger partial charge in [-0.05, 0) is 49.1 Å². The lowest BCUT2D eigenvalue weighted by Gasteiger charge is -2.35. The Labute approximate surface area is 200 Å². The number of amides is 2. The van der Waals surface area contributed by atoms with E-state index in [1.54, 1.807) is 56.6 Å². The van der Waals surface area contributed by atoms with E-state index in [1.807, 2.05) is 0 Å². The second-order valence-corrected chi connectivity index (χ2v) is 10.7. The van der Waals surface area contributed by atoms with E-state index in [0.29, 0.717) is 57.0 Å². The maximum absolute atomic E-state index is 12.8. The zero-order valence-corrected chi connectivity index (χ0v) is 20.0. The summed E-state index contributed by atoms with van der Waals surface area (Å²) in [6.07, 6.45) is 3.72. The molecule has 2 heterocycles. The Morgan fingerprint density at radius 2 is 1.41 bits per heavy atom. The average molecular weight is 486 g/mol. The summed E-state index contributed by atoms with van der Waals surface area (Å²) in [5.74, 6) is -0.259. The number of phenols is 1. The van der Waals surface area contributed by atoms with Crippen molar-refractivity contribution in [2.45, 2.75) is 37.0 Å². The fraction of sp³-hybridized carbons (Fsp3) is 0.440. The van der Waals surface area contributed by atoms with Crippen LogP contribution in [0.4, 0.5) is 0 Å². The standard InChI is InChI=1S/C25H31N3O5S/c29-23-7-3-2-6-22(23)25(31)27-18-16-26(17-19-27)24(30)13-10-20-8-11-21(12-9-20)34(32,33)28-14-4-1-5-15-28/h2-3,6-9,11-12,29H,1,4-5,10,13-19H2. The summed E-state index contributed by atoms with van der Waals surface area (Å²) < 4.78 is 27.1. The maximum atomic E-state index is 12.8. The van der Waals surface area contributed by atoms with Gasteiger partial charge in [-0.2, -0.15) is 4.31 Å². The molecule has 0 bridgehead atoms. The van der Waals surface area contributed by atoms with Crippen LogP contribution in [0.1, 0.15) is 41.6 Å². The zero-order valence-electron chi connectivity index (χ0n) is 19.2. The largest absolute Gasteiger partial charge is 0.507 e. The Morgan fingerprint density at radius 3 is 2.06 bits per heavy atom. The second kappa shape index (κ2) is 10.6. The van der Waals surface area contributed by atoms with Gasteiger partial charge in [0.2, 0.25) is 15.9 Å². The van der Waals surface area contributed by atoms with Crippen LogP contribution in [0.5, 0.6) is 5.75 Å². The number of sulfonamides is 1. The first-order valence-corrected chi connectivity index (χ1v) is 13.2. The van der Waals surface area contributed by atoms with Crippen molar-refractivity contribution in [2.24, 2.45) is 0 Å². The summed E-state index contributed by atoms with van der Waals surface area (Å²) in [5, 5.41) is 9.91. The molecule has 8 nitrogen and oxygen atoms in total. The highest BCUT2D eigenvalue weighted by Crippen LogP contribution is 2.22. The van der Waals surface area contributed by atoms with Gasteiger partial charge in [-0.1, -0.05) is 30.7 Å². The van der Waals surface area contributed by atoms with E-state index in [-0.39, 0.29) is 23.1 Å². The summed E-state index contributed by atoms with van der Waals surface area (Å²) in [5.41, 5.74) is 1.19. The lowest BCUT2D eigenvalue weighted by Crippen LogP contribution is -2.50. The van der Waals surface area contributed by atoms with E-state index in [2.05, 4.69) is 0 Å². The van der Waals surface area contributed by atoms with E-state index >= 15 is 0 Å². The van der Waals surface area contributed by atoms with Crippen LogP contribution in [-0.2, 0) is 21.2 Å². The minimum Gasteiger partial charge on any atom is -0.507 e. The number of hydrogen-bond acceptors (Lipinski definition) is 5. The van der Waals surface area contributed by atoms with Gasteiger partial charge in [-0.25, -0.2) is 8.42 Å². The molecule has 34 heavy (non-hydrogen) atoms. The molecule has 4 rings (SSSR count). The highest BCUT2D eigenvalue weighted by atomic mass is 32.2. The van der Waals surface area contributed by atoms with Crippen LogP contribution in [0.2, 0.25) is 0 Å². The number of aryl methyl sites for hydroxylation is 1. The van der Waals surface area contributed by atoms with Crippen molar-refractivity contribution in [3.8, 4) is 5.75 Å². The fourth-order valence-corrected chi connectivity index (χ4v) is 5.99. The Balaban J connectivity index is 1.26. The number of rotatable bonds is 6. The topological polar surface area (TPSA) is 98.2 Å². The summed E-state index contributed by atoms with van der Waals surface area (Å²) in [7, 11) is -3.45. The monoisotopic (exact) mass is 485 g/mol. The number of nitrogens with zero attached hydrogens (tertiary/aromatic N) is 3. The molecule has 2 aromatic rings. The van der Waals surface area contributed by atoms with Crippen LogP contribution in [0.3, 0.4) is 0 Å². The first-order valence-electron chi connectivity index (χ1n) is 11.8. The Hall–Kier alpha value is -2.91. The SMILES string of the molecule is O=C(CCc1ccc(S(=O)(=O)N2CCCCC2)cc1)N1CCN(C(=O)c2ccccc2O)CC1. The molecule has 1 N–H and O–H groups in total. The van der Waals surface area contributed by atoms with E-state index in [4.69, 9.17) is 0 Å². The summed E-state index contributed by atoms with van der Waals surface area (Å²) in [6, 6.07) is 13.3. The van der Waals surface area contributed by atoms with Crippen molar-refractivity contribution in [1.29, 1.82) is 0 Å². The van der Waals surface area contributed by atoms with Gasteiger partial charge in [0.25, 0.3) is 5.91 Å². The number of phenolic OH excluding ortho intramolecular Hbond substituents is 1. The van der Waals surface area contributed by atoms with Crippen LogP contribution >= 0.6 is 0 Å². The summed E-state index contributed by atoms with van der Waals surface area (Å²) in [6.45, 7) is 2.88. The van der Waals surface area contributed by atoms with Crippen LogP contribution in [0.25, 0.3) is 0 Å². The number of aromatic hydroxyl groups is 1. The van der Waals surface area contributed by atoms with Gasteiger partial charge < -0.3 is 14.9 Å². The number of benzene rings is 2. The van der Waals surface area contributed by atoms with Crippen molar-refractivity contribution >= 4 is 21.8 Å². The second-order valence-electron chi connectivity index (χ2n) is 8.80. The molecule has 0 aliphatic carbocycles. The van der Waals surface area contributed by atoms with Crippen molar-refractivity contribution in [2.75, 3.05) is 39.3 Å². The van der Waals surface area contributed by atoms with Crippen LogP contribution in [-0.4, -0.2) is 78.7 Å². The summed E-state index contributed by atoms with van der Waals surface area (Å²) >= 11 is 0. The molecule has 182 valence electrons. The van der Waals surface area contributed by atoms with Crippen LogP contribution in [0.15, 0.2) is 53.4 Å². The smallest absolute Gasteiger partial charge is 0.257 e. The first-order chi connectivity index (χ1) is 16.4. The molecule has 0 spiro atoms. The third kappa shape index (κ3) is 5.42. The van der Waals surface area contributed by atoms with Gasteiger partial charge >= 0.3 is 0 Å². The quantitative estimate of drug-likeness (QED) is 0.678. The van der Waals surface area contributed by atoms with E-state index < -0.39 is 10.0 Å². The van der Waals surface area contributed by atoms with E-state index in [1.165, 1.54) is 6.07 Å². The number of carbonyl (C=O) groups excluding carboxylic acids is 2. The van der Waals surface area contributed by atoms with Crippen molar-refractivity contribution < 1.29 is 23.1 Å². The van der Waals surface area contributed by atoms with Gasteiger partial charge in [0.05, 0.1) is 10.5 Å². The first kappa shape index (κ1) is 24.2. The molecular formula is C25H31N3O5S. The van der Waals surface area contributed by atoms with Crippen molar-refractivity contribution in [3.05, 3.63) is 59.7 Å². The Kier molecular flexibility index (Phi) is 7.53. The normalized spacial score (nSPS) is 17.5. The molecule has 0 aromatic heterocycles. The highest BCUT2D eigenvalue weighted by Gasteiger charge is 2.27. The highest BCUT2D eigenvalue weighted by molar-refractivity contribution is 7.89. The molecule has 0 radical (unpaired) electrons. The molecule has 2 saturated heterocycles.